The molecule has 8 heteroatoms. The molecule has 1 aliphatic rings. The molecule has 1 saturated heterocycles. The Morgan fingerprint density at radius 3 is 2.64 bits per heavy atom. The maximum Gasteiger partial charge on any atom is 0.276 e. The van der Waals surface area contributed by atoms with Crippen molar-refractivity contribution in [2.75, 3.05) is 31.1 Å². The number of carbonyl (C=O) groups excluding carboxylic acids is 1. The smallest absolute Gasteiger partial charge is 0.276 e. The van der Waals surface area contributed by atoms with Crippen LogP contribution in [0.4, 0.5) is 5.82 Å². The standard InChI is InChI=1S/C20H19N7O/c21-13-17-6-7-22-19(12-17)25-8-10-26(11-9-25)20(28)18-15-27(24-23-18)14-16-4-2-1-3-5-16/h1-7,12,15H,8-11,14H2. The maximum absolute atomic E-state index is 12.7. The number of aromatic nitrogens is 4. The molecule has 1 fully saturated rings. The first-order chi connectivity index (χ1) is 13.7. The Morgan fingerprint density at radius 2 is 1.89 bits per heavy atom. The van der Waals surface area contributed by atoms with Gasteiger partial charge in [-0.05, 0) is 17.7 Å². The predicted molar refractivity (Wildman–Crippen MR) is 103 cm³/mol. The second-order valence-corrected chi connectivity index (χ2v) is 6.58. The number of nitriles is 1. The highest BCUT2D eigenvalue weighted by Crippen LogP contribution is 2.16. The quantitative estimate of drug-likeness (QED) is 0.689. The number of nitrogens with zero attached hydrogens (tertiary/aromatic N) is 7. The zero-order valence-electron chi connectivity index (χ0n) is 15.3. The first-order valence-electron chi connectivity index (χ1n) is 9.07. The number of pyridine rings is 1. The minimum absolute atomic E-state index is 0.113. The third-order valence-electron chi connectivity index (χ3n) is 4.71. The second kappa shape index (κ2) is 7.88. The monoisotopic (exact) mass is 373 g/mol. The molecule has 4 rings (SSSR count). The van der Waals surface area contributed by atoms with Crippen molar-refractivity contribution in [3.05, 3.63) is 71.7 Å². The molecule has 140 valence electrons. The topological polar surface area (TPSA) is 90.9 Å². The van der Waals surface area contributed by atoms with E-state index in [1.165, 1.54) is 0 Å². The molecule has 3 aromatic rings. The summed E-state index contributed by atoms with van der Waals surface area (Å²) in [5, 5.41) is 17.2. The van der Waals surface area contributed by atoms with Crippen LogP contribution >= 0.6 is 0 Å². The molecule has 0 radical (unpaired) electrons. The molecule has 8 nitrogen and oxygen atoms in total. The van der Waals surface area contributed by atoms with Gasteiger partial charge in [0.1, 0.15) is 5.82 Å². The van der Waals surface area contributed by atoms with Crippen molar-refractivity contribution in [1.29, 1.82) is 5.26 Å². The van der Waals surface area contributed by atoms with Gasteiger partial charge in [0, 0.05) is 32.4 Å². The molecule has 0 bridgehead atoms. The van der Waals surface area contributed by atoms with Crippen molar-refractivity contribution in [2.45, 2.75) is 6.54 Å². The zero-order chi connectivity index (χ0) is 19.3. The third kappa shape index (κ3) is 3.83. The lowest BCUT2D eigenvalue weighted by molar-refractivity contribution is 0.0740. The normalized spacial score (nSPS) is 14.0. The second-order valence-electron chi connectivity index (χ2n) is 6.58. The highest BCUT2D eigenvalue weighted by atomic mass is 16.2. The Labute approximate surface area is 162 Å². The van der Waals surface area contributed by atoms with Gasteiger partial charge >= 0.3 is 0 Å². The molecule has 3 heterocycles. The fourth-order valence-electron chi connectivity index (χ4n) is 3.21. The number of benzene rings is 1. The maximum atomic E-state index is 12.7. The van der Waals surface area contributed by atoms with E-state index in [1.807, 2.05) is 30.3 Å². The lowest BCUT2D eigenvalue weighted by Gasteiger charge is -2.35. The molecule has 0 aliphatic carbocycles. The number of amides is 1. The van der Waals surface area contributed by atoms with Gasteiger partial charge in [-0.15, -0.1) is 5.10 Å². The summed E-state index contributed by atoms with van der Waals surface area (Å²) in [6, 6.07) is 15.5. The molecule has 0 unspecified atom stereocenters. The number of hydrogen-bond donors (Lipinski definition) is 0. The lowest BCUT2D eigenvalue weighted by Crippen LogP contribution is -2.49. The fourth-order valence-corrected chi connectivity index (χ4v) is 3.21. The molecular formula is C20H19N7O. The molecule has 1 aromatic carbocycles. The third-order valence-corrected chi connectivity index (χ3v) is 4.71. The minimum atomic E-state index is -0.113. The van der Waals surface area contributed by atoms with Crippen LogP contribution in [0.3, 0.4) is 0 Å². The van der Waals surface area contributed by atoms with Gasteiger partial charge in [0.25, 0.3) is 5.91 Å². The van der Waals surface area contributed by atoms with E-state index < -0.39 is 0 Å². The van der Waals surface area contributed by atoms with Crippen LogP contribution in [-0.2, 0) is 6.54 Å². The van der Waals surface area contributed by atoms with Gasteiger partial charge in [-0.25, -0.2) is 9.67 Å². The van der Waals surface area contributed by atoms with Gasteiger partial charge in [-0.2, -0.15) is 5.26 Å². The Morgan fingerprint density at radius 1 is 1.11 bits per heavy atom. The molecule has 0 spiro atoms. The van der Waals surface area contributed by atoms with Crippen LogP contribution in [0.1, 0.15) is 21.6 Å². The number of anilines is 1. The summed E-state index contributed by atoms with van der Waals surface area (Å²) in [7, 11) is 0. The van der Waals surface area contributed by atoms with Crippen molar-refractivity contribution >= 4 is 11.7 Å². The summed E-state index contributed by atoms with van der Waals surface area (Å²) in [4.78, 5) is 20.9. The Hall–Kier alpha value is -3.73. The van der Waals surface area contributed by atoms with Crippen LogP contribution in [0.5, 0.6) is 0 Å². The Kier molecular flexibility index (Phi) is 4.97. The lowest BCUT2D eigenvalue weighted by atomic mass is 10.2. The summed E-state index contributed by atoms with van der Waals surface area (Å²) < 4.78 is 1.68. The van der Waals surface area contributed by atoms with Gasteiger partial charge in [-0.1, -0.05) is 35.5 Å². The van der Waals surface area contributed by atoms with E-state index >= 15 is 0 Å². The Balaban J connectivity index is 1.37. The number of piperazine rings is 1. The summed E-state index contributed by atoms with van der Waals surface area (Å²) >= 11 is 0. The van der Waals surface area contributed by atoms with E-state index in [1.54, 1.807) is 34.1 Å². The van der Waals surface area contributed by atoms with Crippen LogP contribution < -0.4 is 4.90 Å². The number of hydrogen-bond acceptors (Lipinski definition) is 6. The average Bonchev–Trinajstić information content (AvgIpc) is 3.22. The highest BCUT2D eigenvalue weighted by Gasteiger charge is 2.24. The first-order valence-corrected chi connectivity index (χ1v) is 9.07. The van der Waals surface area contributed by atoms with E-state index in [0.29, 0.717) is 44.0 Å². The van der Waals surface area contributed by atoms with Gasteiger partial charge in [0.15, 0.2) is 5.69 Å². The molecule has 0 atom stereocenters. The van der Waals surface area contributed by atoms with Crippen LogP contribution in [0.2, 0.25) is 0 Å². The van der Waals surface area contributed by atoms with Crippen molar-refractivity contribution in [1.82, 2.24) is 24.9 Å². The van der Waals surface area contributed by atoms with E-state index in [0.717, 1.165) is 11.4 Å². The average molecular weight is 373 g/mol. The van der Waals surface area contributed by atoms with Crippen molar-refractivity contribution < 1.29 is 4.79 Å². The van der Waals surface area contributed by atoms with Crippen molar-refractivity contribution in [2.24, 2.45) is 0 Å². The highest BCUT2D eigenvalue weighted by molar-refractivity contribution is 5.92. The van der Waals surface area contributed by atoms with E-state index in [4.69, 9.17) is 5.26 Å². The van der Waals surface area contributed by atoms with E-state index in [9.17, 15) is 4.79 Å². The Bertz CT molecular complexity index is 1000. The SMILES string of the molecule is N#Cc1ccnc(N2CCN(C(=O)c3cn(Cc4ccccc4)nn3)CC2)c1. The van der Waals surface area contributed by atoms with E-state index in [-0.39, 0.29) is 5.91 Å². The van der Waals surface area contributed by atoms with Gasteiger partial charge in [0.2, 0.25) is 0 Å². The van der Waals surface area contributed by atoms with Gasteiger partial charge in [0.05, 0.1) is 24.4 Å². The number of carbonyl (C=O) groups is 1. The van der Waals surface area contributed by atoms with E-state index in [2.05, 4.69) is 26.3 Å². The zero-order valence-corrected chi connectivity index (χ0v) is 15.3. The fraction of sp³-hybridized carbons (Fsp3) is 0.250. The van der Waals surface area contributed by atoms with Crippen LogP contribution in [0, 0.1) is 11.3 Å². The predicted octanol–water partition coefficient (Wildman–Crippen LogP) is 1.56. The van der Waals surface area contributed by atoms with Gasteiger partial charge < -0.3 is 9.80 Å². The summed E-state index contributed by atoms with van der Waals surface area (Å²) in [5.74, 6) is 0.651. The summed E-state index contributed by atoms with van der Waals surface area (Å²) in [6.45, 7) is 3.04. The first kappa shape index (κ1) is 17.7. The molecule has 0 N–H and O–H groups in total. The molecule has 2 aromatic heterocycles. The number of rotatable bonds is 4. The van der Waals surface area contributed by atoms with Gasteiger partial charge in [-0.3, -0.25) is 4.79 Å². The summed E-state index contributed by atoms with van der Waals surface area (Å²) in [5.41, 5.74) is 2.04. The van der Waals surface area contributed by atoms with Crippen LogP contribution in [0.25, 0.3) is 0 Å². The largest absolute Gasteiger partial charge is 0.353 e. The van der Waals surface area contributed by atoms with Crippen LogP contribution in [-0.4, -0.2) is 57.0 Å². The molecule has 28 heavy (non-hydrogen) atoms. The van der Waals surface area contributed by atoms with Crippen LogP contribution in [0.15, 0.2) is 54.9 Å². The molecular weight excluding hydrogens is 354 g/mol. The molecule has 0 saturated carbocycles. The van der Waals surface area contributed by atoms with Crippen molar-refractivity contribution in [3.63, 3.8) is 0 Å². The van der Waals surface area contributed by atoms with Crippen molar-refractivity contribution in [3.8, 4) is 6.07 Å². The molecule has 1 aliphatic heterocycles. The molecule has 1 amide bonds. The summed E-state index contributed by atoms with van der Waals surface area (Å²) in [6.07, 6.45) is 3.33. The minimum Gasteiger partial charge on any atom is -0.353 e.